The number of anilines is 1. The SMILES string of the molecule is CCOCc1nc2c(N)nc3ccccc3c2n1CCCCNC(=O)CCOCCOCCOCCOCCN=[N+]=[N-]. The summed E-state index contributed by atoms with van der Waals surface area (Å²) in [5.41, 5.74) is 16.9. The molecule has 230 valence electrons. The predicted molar refractivity (Wildman–Crippen MR) is 159 cm³/mol. The maximum absolute atomic E-state index is 12.2. The van der Waals surface area contributed by atoms with E-state index >= 15 is 0 Å². The van der Waals surface area contributed by atoms with Crippen LogP contribution in [0.4, 0.5) is 5.82 Å². The Balaban J connectivity index is 1.26. The summed E-state index contributed by atoms with van der Waals surface area (Å²) in [5, 5.41) is 7.34. The van der Waals surface area contributed by atoms with E-state index in [2.05, 4.69) is 24.9 Å². The molecule has 0 saturated heterocycles. The number of imidazole rings is 1. The highest BCUT2D eigenvalue weighted by Gasteiger charge is 2.17. The monoisotopic (exact) mass is 586 g/mol. The molecule has 0 saturated carbocycles. The fourth-order valence-electron chi connectivity index (χ4n) is 4.24. The Labute approximate surface area is 245 Å². The molecule has 0 unspecified atom stereocenters. The van der Waals surface area contributed by atoms with Gasteiger partial charge in [-0.25, -0.2) is 9.97 Å². The van der Waals surface area contributed by atoms with Gasteiger partial charge in [0.2, 0.25) is 5.91 Å². The van der Waals surface area contributed by atoms with Gasteiger partial charge >= 0.3 is 0 Å². The van der Waals surface area contributed by atoms with Crippen molar-refractivity contribution in [2.45, 2.75) is 39.3 Å². The molecule has 2 heterocycles. The number of aryl methyl sites for hydroxylation is 1. The van der Waals surface area contributed by atoms with Crippen LogP contribution in [-0.2, 0) is 41.6 Å². The number of hydrogen-bond acceptors (Lipinski definition) is 10. The summed E-state index contributed by atoms with van der Waals surface area (Å²) < 4.78 is 29.4. The van der Waals surface area contributed by atoms with Gasteiger partial charge in [-0.1, -0.05) is 23.3 Å². The molecule has 0 atom stereocenters. The molecule has 2 aromatic heterocycles. The van der Waals surface area contributed by atoms with E-state index in [9.17, 15) is 4.79 Å². The van der Waals surface area contributed by atoms with E-state index in [-0.39, 0.29) is 5.91 Å². The van der Waals surface area contributed by atoms with Crippen LogP contribution in [0.25, 0.3) is 32.4 Å². The largest absolute Gasteiger partial charge is 0.382 e. The first-order valence-corrected chi connectivity index (χ1v) is 14.3. The summed E-state index contributed by atoms with van der Waals surface area (Å²) in [7, 11) is 0. The quantitative estimate of drug-likeness (QED) is 0.0728. The number of carbonyl (C=O) groups excluding carboxylic acids is 1. The van der Waals surface area contributed by atoms with Crippen molar-refractivity contribution in [1.82, 2.24) is 19.9 Å². The van der Waals surface area contributed by atoms with Gasteiger partial charge in [-0.2, -0.15) is 0 Å². The van der Waals surface area contributed by atoms with Gasteiger partial charge in [0.15, 0.2) is 5.82 Å². The second-order valence-electron chi connectivity index (χ2n) is 9.24. The number of ether oxygens (including phenoxy) is 5. The Morgan fingerprint density at radius 1 is 0.976 bits per heavy atom. The number of azide groups is 1. The third-order valence-corrected chi connectivity index (χ3v) is 6.24. The van der Waals surface area contributed by atoms with E-state index < -0.39 is 0 Å². The second kappa shape index (κ2) is 19.6. The number of nitrogens with zero attached hydrogens (tertiary/aromatic N) is 6. The average molecular weight is 587 g/mol. The van der Waals surface area contributed by atoms with E-state index in [1.54, 1.807) is 0 Å². The standard InChI is InChI=1S/C28H42N8O6/c1-2-38-21-24-34-26-27(22-7-3-4-8-23(22)33-28(26)29)36(24)12-6-5-10-31-25(37)9-13-39-15-17-41-19-20-42-18-16-40-14-11-32-35-30/h3-4,7-8H,2,5-6,9-21H2,1H3,(H2,29,33)(H,31,37). The Morgan fingerprint density at radius 3 is 2.38 bits per heavy atom. The molecule has 3 rings (SSSR count). The number of pyridine rings is 1. The summed E-state index contributed by atoms with van der Waals surface area (Å²) in [5.74, 6) is 1.19. The lowest BCUT2D eigenvalue weighted by Crippen LogP contribution is -2.26. The summed E-state index contributed by atoms with van der Waals surface area (Å²) in [6, 6.07) is 7.92. The molecule has 14 heteroatoms. The van der Waals surface area contributed by atoms with Crippen molar-refractivity contribution in [1.29, 1.82) is 0 Å². The van der Waals surface area contributed by atoms with Crippen molar-refractivity contribution in [3.8, 4) is 0 Å². The normalized spacial score (nSPS) is 11.3. The third kappa shape index (κ3) is 11.0. The zero-order valence-corrected chi connectivity index (χ0v) is 24.3. The first kappa shape index (κ1) is 33.0. The number of fused-ring (bicyclic) bond motifs is 3. The maximum atomic E-state index is 12.2. The molecule has 0 aliphatic rings. The van der Waals surface area contributed by atoms with E-state index in [0.29, 0.717) is 96.9 Å². The van der Waals surface area contributed by atoms with E-state index in [1.807, 2.05) is 31.2 Å². The molecule has 42 heavy (non-hydrogen) atoms. The number of nitrogens with one attached hydrogen (secondary N) is 1. The van der Waals surface area contributed by atoms with E-state index in [1.165, 1.54) is 0 Å². The number of hydrogen-bond donors (Lipinski definition) is 2. The summed E-state index contributed by atoms with van der Waals surface area (Å²) in [4.78, 5) is 24.1. The topological polar surface area (TPSA) is 181 Å². The van der Waals surface area contributed by atoms with Crippen LogP contribution in [0.5, 0.6) is 0 Å². The van der Waals surface area contributed by atoms with Crippen molar-refractivity contribution >= 4 is 33.7 Å². The number of para-hydroxylation sites is 1. The van der Waals surface area contributed by atoms with Crippen LogP contribution >= 0.6 is 0 Å². The zero-order valence-electron chi connectivity index (χ0n) is 24.3. The van der Waals surface area contributed by atoms with Crippen molar-refractivity contribution in [3.63, 3.8) is 0 Å². The lowest BCUT2D eigenvalue weighted by Gasteiger charge is -2.11. The molecular weight excluding hydrogens is 544 g/mol. The smallest absolute Gasteiger partial charge is 0.222 e. The number of nitrogens with two attached hydrogens (primary N) is 1. The molecule has 0 spiro atoms. The molecule has 14 nitrogen and oxygen atoms in total. The summed E-state index contributed by atoms with van der Waals surface area (Å²) in [6.07, 6.45) is 1.96. The van der Waals surface area contributed by atoms with Crippen molar-refractivity contribution < 1.29 is 28.5 Å². The highest BCUT2D eigenvalue weighted by molar-refractivity contribution is 6.06. The number of benzene rings is 1. The van der Waals surface area contributed by atoms with Gasteiger partial charge in [-0.05, 0) is 31.4 Å². The minimum Gasteiger partial charge on any atom is -0.382 e. The average Bonchev–Trinajstić information content (AvgIpc) is 3.37. The minimum atomic E-state index is -0.0408. The Kier molecular flexibility index (Phi) is 15.4. The number of aromatic nitrogens is 3. The molecule has 1 amide bonds. The van der Waals surface area contributed by atoms with Gasteiger partial charge in [0.1, 0.15) is 17.9 Å². The maximum Gasteiger partial charge on any atom is 0.222 e. The number of rotatable bonds is 23. The van der Waals surface area contributed by atoms with Gasteiger partial charge in [0.25, 0.3) is 0 Å². The van der Waals surface area contributed by atoms with Crippen LogP contribution in [0, 0.1) is 0 Å². The lowest BCUT2D eigenvalue weighted by atomic mass is 10.2. The van der Waals surface area contributed by atoms with Gasteiger partial charge in [0.05, 0.1) is 63.9 Å². The first-order chi connectivity index (χ1) is 20.7. The van der Waals surface area contributed by atoms with Crippen LogP contribution in [0.1, 0.15) is 32.0 Å². The van der Waals surface area contributed by atoms with Crippen molar-refractivity contribution in [3.05, 3.63) is 40.5 Å². The minimum absolute atomic E-state index is 0.0408. The Hall–Kier alpha value is -3.52. The molecule has 0 radical (unpaired) electrons. The summed E-state index contributed by atoms with van der Waals surface area (Å²) >= 11 is 0. The highest BCUT2D eigenvalue weighted by atomic mass is 16.6. The van der Waals surface area contributed by atoms with Crippen LogP contribution in [0.2, 0.25) is 0 Å². The van der Waals surface area contributed by atoms with E-state index in [0.717, 1.165) is 41.6 Å². The number of unbranched alkanes of at least 4 members (excludes halogenated alkanes) is 1. The van der Waals surface area contributed by atoms with Gasteiger partial charge in [0, 0.05) is 43.0 Å². The van der Waals surface area contributed by atoms with Crippen LogP contribution in [0.15, 0.2) is 29.4 Å². The van der Waals surface area contributed by atoms with Gasteiger partial charge < -0.3 is 39.3 Å². The molecule has 0 fully saturated rings. The molecule has 1 aromatic carbocycles. The second-order valence-corrected chi connectivity index (χ2v) is 9.24. The Morgan fingerprint density at radius 2 is 1.67 bits per heavy atom. The predicted octanol–water partition coefficient (Wildman–Crippen LogP) is 3.37. The third-order valence-electron chi connectivity index (χ3n) is 6.24. The fraction of sp³-hybridized carbons (Fsp3) is 0.607. The fourth-order valence-corrected chi connectivity index (χ4v) is 4.24. The molecule has 0 bridgehead atoms. The van der Waals surface area contributed by atoms with Crippen molar-refractivity contribution in [2.75, 3.05) is 78.3 Å². The summed E-state index contributed by atoms with van der Waals surface area (Å²) in [6.45, 7) is 7.91. The van der Waals surface area contributed by atoms with Crippen molar-refractivity contribution in [2.24, 2.45) is 5.11 Å². The van der Waals surface area contributed by atoms with Crippen LogP contribution in [-0.4, -0.2) is 93.0 Å². The Bertz CT molecular complexity index is 1280. The van der Waals surface area contributed by atoms with Crippen LogP contribution in [0.3, 0.4) is 0 Å². The van der Waals surface area contributed by atoms with Gasteiger partial charge in [-0.15, -0.1) is 0 Å². The highest BCUT2D eigenvalue weighted by Crippen LogP contribution is 2.29. The molecule has 0 aliphatic carbocycles. The van der Waals surface area contributed by atoms with Crippen LogP contribution < -0.4 is 11.1 Å². The zero-order chi connectivity index (χ0) is 29.8. The number of nitrogen functional groups attached to an aromatic ring is 1. The number of amides is 1. The molecule has 3 aromatic rings. The van der Waals surface area contributed by atoms with E-state index in [4.69, 9.17) is 39.9 Å². The molecular formula is C28H42N8O6. The molecule has 3 N–H and O–H groups in total. The van der Waals surface area contributed by atoms with Gasteiger partial charge in [-0.3, -0.25) is 4.79 Å². The molecule has 0 aliphatic heterocycles. The first-order valence-electron chi connectivity index (χ1n) is 14.3. The lowest BCUT2D eigenvalue weighted by molar-refractivity contribution is -0.122. The number of carbonyl (C=O) groups is 1.